The normalized spacial score (nSPS) is 10.4. The van der Waals surface area contributed by atoms with Crippen LogP contribution in [0.1, 0.15) is 0 Å². The predicted molar refractivity (Wildman–Crippen MR) is 85.1 cm³/mol. The molecule has 3 rings (SSSR count). The third-order valence-electron chi connectivity index (χ3n) is 3.19. The lowest BCUT2D eigenvalue weighted by atomic mass is 10.1. The number of hydrogen-bond donors (Lipinski definition) is 2. The van der Waals surface area contributed by atoms with Crippen LogP contribution >= 0.6 is 0 Å². The molecule has 5 heteroatoms. The molecule has 5 nitrogen and oxygen atoms in total. The number of H-pyrrole nitrogens is 1. The fraction of sp³-hybridized carbons (Fsp3) is 0.0588. The molecule has 1 heterocycles. The van der Waals surface area contributed by atoms with E-state index in [0.29, 0.717) is 22.2 Å². The minimum atomic E-state index is -0.256. The summed E-state index contributed by atoms with van der Waals surface area (Å²) in [5.74, 6) is 0.250. The number of carbonyl (C=O) groups excluding carboxylic acids is 1. The molecule has 0 atom stereocenters. The van der Waals surface area contributed by atoms with E-state index in [1.165, 1.54) is 0 Å². The largest absolute Gasteiger partial charge is 0.483 e. The Balaban J connectivity index is 1.73. The van der Waals surface area contributed by atoms with Crippen molar-refractivity contribution in [1.82, 2.24) is 4.98 Å². The SMILES string of the molecule is O=C(COc1cccc2c(=O)[nH]ccc12)Nc1ccccc1. The first-order valence-corrected chi connectivity index (χ1v) is 6.82. The van der Waals surface area contributed by atoms with E-state index in [-0.39, 0.29) is 18.1 Å². The maximum absolute atomic E-state index is 11.9. The molecule has 0 aliphatic rings. The van der Waals surface area contributed by atoms with Crippen LogP contribution in [0.25, 0.3) is 10.8 Å². The van der Waals surface area contributed by atoms with Crippen LogP contribution in [0.3, 0.4) is 0 Å². The van der Waals surface area contributed by atoms with Crippen molar-refractivity contribution in [2.24, 2.45) is 0 Å². The highest BCUT2D eigenvalue weighted by Gasteiger charge is 2.07. The van der Waals surface area contributed by atoms with Gasteiger partial charge in [0, 0.05) is 17.3 Å². The van der Waals surface area contributed by atoms with Gasteiger partial charge in [0.05, 0.1) is 5.39 Å². The smallest absolute Gasteiger partial charge is 0.262 e. The van der Waals surface area contributed by atoms with Crippen molar-refractivity contribution in [2.75, 3.05) is 11.9 Å². The molecule has 0 unspecified atom stereocenters. The van der Waals surface area contributed by atoms with E-state index >= 15 is 0 Å². The van der Waals surface area contributed by atoms with E-state index in [0.717, 1.165) is 0 Å². The molecule has 3 aromatic rings. The molecular formula is C17H14N2O3. The molecule has 0 saturated heterocycles. The zero-order chi connectivity index (χ0) is 15.4. The van der Waals surface area contributed by atoms with Crippen molar-refractivity contribution in [3.8, 4) is 5.75 Å². The Kier molecular flexibility index (Phi) is 3.87. The van der Waals surface area contributed by atoms with Crippen LogP contribution in [0.5, 0.6) is 5.75 Å². The van der Waals surface area contributed by atoms with Gasteiger partial charge in [0.1, 0.15) is 5.75 Å². The number of aromatic nitrogens is 1. The highest BCUT2D eigenvalue weighted by atomic mass is 16.5. The van der Waals surface area contributed by atoms with Crippen molar-refractivity contribution in [3.05, 3.63) is 71.1 Å². The highest BCUT2D eigenvalue weighted by molar-refractivity contribution is 5.92. The average Bonchev–Trinajstić information content (AvgIpc) is 2.54. The lowest BCUT2D eigenvalue weighted by Gasteiger charge is -2.09. The van der Waals surface area contributed by atoms with Gasteiger partial charge in [-0.15, -0.1) is 0 Å². The zero-order valence-corrected chi connectivity index (χ0v) is 11.7. The second-order valence-corrected chi connectivity index (χ2v) is 4.73. The first-order chi connectivity index (χ1) is 10.7. The van der Waals surface area contributed by atoms with Gasteiger partial charge in [-0.2, -0.15) is 0 Å². The van der Waals surface area contributed by atoms with Gasteiger partial charge >= 0.3 is 0 Å². The summed E-state index contributed by atoms with van der Waals surface area (Å²) in [6.07, 6.45) is 1.56. The number of fused-ring (bicyclic) bond motifs is 1. The molecule has 0 saturated carbocycles. The Bertz CT molecular complexity index is 856. The van der Waals surface area contributed by atoms with Gasteiger partial charge < -0.3 is 15.0 Å². The molecule has 2 aromatic carbocycles. The van der Waals surface area contributed by atoms with Gasteiger partial charge in [0.15, 0.2) is 6.61 Å². The van der Waals surface area contributed by atoms with Gasteiger partial charge in [0.25, 0.3) is 11.5 Å². The molecule has 0 radical (unpaired) electrons. The summed E-state index contributed by atoms with van der Waals surface area (Å²) in [6, 6.07) is 16.1. The number of anilines is 1. The summed E-state index contributed by atoms with van der Waals surface area (Å²) in [4.78, 5) is 26.2. The van der Waals surface area contributed by atoms with Gasteiger partial charge in [0.2, 0.25) is 0 Å². The zero-order valence-electron chi connectivity index (χ0n) is 11.7. The minimum Gasteiger partial charge on any atom is -0.483 e. The summed E-state index contributed by atoms with van der Waals surface area (Å²) < 4.78 is 5.54. The van der Waals surface area contributed by atoms with Crippen LogP contribution in [-0.4, -0.2) is 17.5 Å². The van der Waals surface area contributed by atoms with Crippen LogP contribution in [0.4, 0.5) is 5.69 Å². The second-order valence-electron chi connectivity index (χ2n) is 4.73. The third-order valence-corrected chi connectivity index (χ3v) is 3.19. The Morgan fingerprint density at radius 1 is 1.00 bits per heavy atom. The Hall–Kier alpha value is -3.08. The molecule has 0 fully saturated rings. The van der Waals surface area contributed by atoms with Crippen LogP contribution in [0.2, 0.25) is 0 Å². The van der Waals surface area contributed by atoms with Crippen LogP contribution in [0.15, 0.2) is 65.6 Å². The number of ether oxygens (including phenoxy) is 1. The molecule has 1 aromatic heterocycles. The maximum Gasteiger partial charge on any atom is 0.262 e. The first-order valence-electron chi connectivity index (χ1n) is 6.82. The molecule has 0 aliphatic heterocycles. The van der Waals surface area contributed by atoms with Crippen LogP contribution in [0, 0.1) is 0 Å². The fourth-order valence-electron chi connectivity index (χ4n) is 2.18. The van der Waals surface area contributed by atoms with Crippen molar-refractivity contribution >= 4 is 22.4 Å². The summed E-state index contributed by atoms with van der Waals surface area (Å²) >= 11 is 0. The van der Waals surface area contributed by atoms with Gasteiger partial charge in [-0.05, 0) is 30.3 Å². The number of carbonyl (C=O) groups is 1. The molecular weight excluding hydrogens is 280 g/mol. The molecule has 0 aliphatic carbocycles. The number of amides is 1. The first kappa shape index (κ1) is 13.9. The van der Waals surface area contributed by atoms with E-state index in [2.05, 4.69) is 10.3 Å². The number of pyridine rings is 1. The lowest BCUT2D eigenvalue weighted by molar-refractivity contribution is -0.118. The van der Waals surface area contributed by atoms with E-state index in [9.17, 15) is 9.59 Å². The molecule has 0 bridgehead atoms. The summed E-state index contributed by atoms with van der Waals surface area (Å²) in [6.45, 7) is -0.124. The van der Waals surface area contributed by atoms with E-state index in [1.807, 2.05) is 18.2 Å². The summed E-state index contributed by atoms with van der Waals surface area (Å²) in [5, 5.41) is 3.95. The Morgan fingerprint density at radius 3 is 2.64 bits per heavy atom. The number of hydrogen-bond acceptors (Lipinski definition) is 3. The topological polar surface area (TPSA) is 71.2 Å². The van der Waals surface area contributed by atoms with Crippen molar-refractivity contribution in [3.63, 3.8) is 0 Å². The Labute approximate surface area is 126 Å². The molecule has 0 spiro atoms. The Morgan fingerprint density at radius 2 is 1.82 bits per heavy atom. The monoisotopic (exact) mass is 294 g/mol. The van der Waals surface area contributed by atoms with Crippen molar-refractivity contribution in [2.45, 2.75) is 0 Å². The number of aromatic amines is 1. The van der Waals surface area contributed by atoms with E-state index in [4.69, 9.17) is 4.74 Å². The predicted octanol–water partition coefficient (Wildman–Crippen LogP) is 2.55. The van der Waals surface area contributed by atoms with E-state index in [1.54, 1.807) is 42.6 Å². The van der Waals surface area contributed by atoms with Gasteiger partial charge in [-0.25, -0.2) is 0 Å². The molecule has 22 heavy (non-hydrogen) atoms. The fourth-order valence-corrected chi connectivity index (χ4v) is 2.18. The standard InChI is InChI=1S/C17H14N2O3/c20-16(19-12-5-2-1-3-6-12)11-22-15-8-4-7-14-13(15)9-10-18-17(14)21/h1-10H,11H2,(H,18,21)(H,19,20). The summed E-state index contributed by atoms with van der Waals surface area (Å²) in [7, 11) is 0. The minimum absolute atomic E-state index is 0.124. The van der Waals surface area contributed by atoms with E-state index < -0.39 is 0 Å². The maximum atomic E-state index is 11.9. The average molecular weight is 294 g/mol. The highest BCUT2D eigenvalue weighted by Crippen LogP contribution is 2.22. The number of nitrogens with one attached hydrogen (secondary N) is 2. The second kappa shape index (κ2) is 6.13. The molecule has 1 amide bonds. The number of rotatable bonds is 4. The van der Waals surface area contributed by atoms with Gasteiger partial charge in [-0.3, -0.25) is 9.59 Å². The molecule has 110 valence electrons. The number of benzene rings is 2. The molecule has 2 N–H and O–H groups in total. The quantitative estimate of drug-likeness (QED) is 0.776. The number of para-hydroxylation sites is 1. The summed E-state index contributed by atoms with van der Waals surface area (Å²) in [5.41, 5.74) is 0.530. The van der Waals surface area contributed by atoms with Gasteiger partial charge in [-0.1, -0.05) is 24.3 Å². The lowest BCUT2D eigenvalue weighted by Crippen LogP contribution is -2.20. The van der Waals surface area contributed by atoms with Crippen LogP contribution in [-0.2, 0) is 4.79 Å². The van der Waals surface area contributed by atoms with Crippen molar-refractivity contribution in [1.29, 1.82) is 0 Å². The van der Waals surface area contributed by atoms with Crippen molar-refractivity contribution < 1.29 is 9.53 Å². The van der Waals surface area contributed by atoms with Crippen LogP contribution < -0.4 is 15.6 Å². The third kappa shape index (κ3) is 2.98.